The lowest BCUT2D eigenvalue weighted by Crippen LogP contribution is -2.20. The molecule has 0 unspecified atom stereocenters. The molecule has 0 saturated carbocycles. The van der Waals surface area contributed by atoms with Crippen molar-refractivity contribution in [3.8, 4) is 0 Å². The van der Waals surface area contributed by atoms with Crippen LogP contribution in [0.25, 0.3) is 0 Å². The number of aliphatic hydroxyl groups excluding tert-OH is 1. The summed E-state index contributed by atoms with van der Waals surface area (Å²) >= 11 is 0. The molecule has 0 aliphatic rings. The van der Waals surface area contributed by atoms with Crippen LogP contribution in [0.5, 0.6) is 0 Å². The molecule has 0 aromatic heterocycles. The van der Waals surface area contributed by atoms with Gasteiger partial charge in [-0.15, -0.1) is 0 Å². The van der Waals surface area contributed by atoms with Crippen molar-refractivity contribution in [1.29, 1.82) is 0 Å². The molecule has 0 amide bonds. The molecule has 1 aromatic carbocycles. The molecule has 1 aromatic rings. The van der Waals surface area contributed by atoms with Crippen LogP contribution in [0.3, 0.4) is 0 Å². The topological polar surface area (TPSA) is 72.5 Å². The van der Waals surface area contributed by atoms with Crippen LogP contribution in [0.15, 0.2) is 30.3 Å². The predicted octanol–water partition coefficient (Wildman–Crippen LogP) is 0.787. The Labute approximate surface area is 88.7 Å². The molecule has 0 heterocycles. The number of hydrogen-bond acceptors (Lipinski definition) is 4. The van der Waals surface area contributed by atoms with E-state index in [-0.39, 0.29) is 25.4 Å². The molecule has 15 heavy (non-hydrogen) atoms. The van der Waals surface area contributed by atoms with Crippen LogP contribution in [0, 0.1) is 0 Å². The van der Waals surface area contributed by atoms with Crippen molar-refractivity contribution in [3.05, 3.63) is 35.9 Å². The monoisotopic (exact) mass is 209 g/mol. The van der Waals surface area contributed by atoms with Gasteiger partial charge in [-0.05, 0) is 12.0 Å². The lowest BCUT2D eigenvalue weighted by Gasteiger charge is -2.05. The second-order valence-corrected chi connectivity index (χ2v) is 3.25. The molecule has 1 atom stereocenters. The van der Waals surface area contributed by atoms with Gasteiger partial charge in [0, 0.05) is 6.42 Å². The molecule has 0 saturated heterocycles. The van der Waals surface area contributed by atoms with Crippen LogP contribution in [-0.2, 0) is 16.1 Å². The number of ether oxygens (including phenoxy) is 1. The van der Waals surface area contributed by atoms with Crippen LogP contribution in [0.4, 0.5) is 0 Å². The van der Waals surface area contributed by atoms with E-state index in [9.17, 15) is 4.79 Å². The van der Waals surface area contributed by atoms with E-state index in [4.69, 9.17) is 15.6 Å². The van der Waals surface area contributed by atoms with Gasteiger partial charge in [0.15, 0.2) is 0 Å². The van der Waals surface area contributed by atoms with Crippen LogP contribution in [0.1, 0.15) is 18.4 Å². The number of hydrogen-bond donors (Lipinski definition) is 2. The largest absolute Gasteiger partial charge is 0.461 e. The van der Waals surface area contributed by atoms with Crippen LogP contribution in [0.2, 0.25) is 0 Å². The Kier molecular flexibility index (Phi) is 4.80. The molecule has 0 spiro atoms. The van der Waals surface area contributed by atoms with Gasteiger partial charge < -0.3 is 15.6 Å². The van der Waals surface area contributed by atoms with Gasteiger partial charge in [0.05, 0.1) is 0 Å². The van der Waals surface area contributed by atoms with E-state index in [1.54, 1.807) is 0 Å². The molecule has 0 aliphatic heterocycles. The van der Waals surface area contributed by atoms with E-state index in [1.165, 1.54) is 0 Å². The normalized spacial score (nSPS) is 12.1. The maximum Gasteiger partial charge on any atom is 0.306 e. The Balaban J connectivity index is 2.23. The molecule has 4 nitrogen and oxygen atoms in total. The number of nitrogens with two attached hydrogens (primary N) is 1. The minimum atomic E-state index is -0.950. The van der Waals surface area contributed by atoms with E-state index < -0.39 is 6.23 Å². The number of esters is 1. The number of rotatable bonds is 5. The summed E-state index contributed by atoms with van der Waals surface area (Å²) in [7, 11) is 0. The smallest absolute Gasteiger partial charge is 0.306 e. The fourth-order valence-corrected chi connectivity index (χ4v) is 1.08. The molecule has 3 N–H and O–H groups in total. The molecule has 4 heteroatoms. The average Bonchev–Trinajstić information content (AvgIpc) is 2.25. The van der Waals surface area contributed by atoms with Gasteiger partial charge in [0.2, 0.25) is 0 Å². The zero-order valence-electron chi connectivity index (χ0n) is 8.43. The van der Waals surface area contributed by atoms with E-state index >= 15 is 0 Å². The fraction of sp³-hybridized carbons (Fsp3) is 0.364. The summed E-state index contributed by atoms with van der Waals surface area (Å²) in [4.78, 5) is 11.1. The third kappa shape index (κ3) is 5.15. The Bertz CT molecular complexity index is 298. The van der Waals surface area contributed by atoms with Crippen molar-refractivity contribution >= 4 is 5.97 Å². The molecule has 0 radical (unpaired) electrons. The quantitative estimate of drug-likeness (QED) is 0.555. The van der Waals surface area contributed by atoms with Gasteiger partial charge >= 0.3 is 5.97 Å². The molecule has 82 valence electrons. The Hall–Kier alpha value is -1.39. The maximum atomic E-state index is 11.1. The molecular weight excluding hydrogens is 194 g/mol. The van der Waals surface area contributed by atoms with Gasteiger partial charge in [0.1, 0.15) is 12.8 Å². The first-order valence-corrected chi connectivity index (χ1v) is 4.81. The SMILES string of the molecule is N[C@@H](O)CCC(=O)OCc1ccccc1. The molecule has 1 rings (SSSR count). The van der Waals surface area contributed by atoms with E-state index in [2.05, 4.69) is 0 Å². The summed E-state index contributed by atoms with van der Waals surface area (Å²) in [6.45, 7) is 0.264. The van der Waals surface area contributed by atoms with Crippen LogP contribution >= 0.6 is 0 Å². The van der Waals surface area contributed by atoms with Gasteiger partial charge in [-0.2, -0.15) is 0 Å². The van der Waals surface area contributed by atoms with Crippen LogP contribution in [-0.4, -0.2) is 17.3 Å². The third-order valence-corrected chi connectivity index (χ3v) is 1.89. The number of benzene rings is 1. The summed E-state index contributed by atoms with van der Waals surface area (Å²) in [5, 5.41) is 8.76. The fourth-order valence-electron chi connectivity index (χ4n) is 1.08. The standard InChI is InChI=1S/C11H15NO3/c12-10(13)6-7-11(14)15-8-9-4-2-1-3-5-9/h1-5,10,13H,6-8,12H2/t10-/m0/s1. The minimum absolute atomic E-state index is 0.143. The van der Waals surface area contributed by atoms with Gasteiger partial charge in [-0.25, -0.2) is 0 Å². The zero-order valence-corrected chi connectivity index (χ0v) is 8.43. The van der Waals surface area contributed by atoms with Crippen molar-refractivity contribution in [3.63, 3.8) is 0 Å². The highest BCUT2D eigenvalue weighted by Crippen LogP contribution is 2.02. The first-order chi connectivity index (χ1) is 7.18. The summed E-state index contributed by atoms with van der Waals surface area (Å²) in [6.07, 6.45) is -0.577. The molecular formula is C11H15NO3. The van der Waals surface area contributed by atoms with Crippen molar-refractivity contribution in [2.45, 2.75) is 25.7 Å². The maximum absolute atomic E-state index is 11.1. The zero-order chi connectivity index (χ0) is 11.1. The summed E-state index contributed by atoms with van der Waals surface area (Å²) in [5.41, 5.74) is 6.04. The predicted molar refractivity (Wildman–Crippen MR) is 55.7 cm³/mol. The van der Waals surface area contributed by atoms with E-state index in [1.807, 2.05) is 30.3 Å². The Morgan fingerprint density at radius 3 is 2.67 bits per heavy atom. The second kappa shape index (κ2) is 6.16. The van der Waals surface area contributed by atoms with E-state index in [0.717, 1.165) is 5.56 Å². The summed E-state index contributed by atoms with van der Waals surface area (Å²) in [6, 6.07) is 9.42. The van der Waals surface area contributed by atoms with Crippen LogP contribution < -0.4 is 5.73 Å². The lowest BCUT2D eigenvalue weighted by molar-refractivity contribution is -0.145. The Morgan fingerprint density at radius 1 is 1.40 bits per heavy atom. The lowest BCUT2D eigenvalue weighted by atomic mass is 10.2. The molecule has 0 aliphatic carbocycles. The third-order valence-electron chi connectivity index (χ3n) is 1.89. The number of aliphatic hydroxyl groups is 1. The molecule has 0 bridgehead atoms. The average molecular weight is 209 g/mol. The van der Waals surface area contributed by atoms with Gasteiger partial charge in [-0.1, -0.05) is 30.3 Å². The highest BCUT2D eigenvalue weighted by Gasteiger charge is 2.05. The van der Waals surface area contributed by atoms with Crippen molar-refractivity contribution < 1.29 is 14.6 Å². The second-order valence-electron chi connectivity index (χ2n) is 3.25. The highest BCUT2D eigenvalue weighted by molar-refractivity contribution is 5.69. The number of carbonyl (C=O) groups excluding carboxylic acids is 1. The highest BCUT2D eigenvalue weighted by atomic mass is 16.5. The van der Waals surface area contributed by atoms with Crippen molar-refractivity contribution in [2.75, 3.05) is 0 Å². The van der Waals surface area contributed by atoms with Gasteiger partial charge in [0.25, 0.3) is 0 Å². The van der Waals surface area contributed by atoms with Gasteiger partial charge in [-0.3, -0.25) is 4.79 Å². The Morgan fingerprint density at radius 2 is 2.07 bits per heavy atom. The van der Waals surface area contributed by atoms with Crippen molar-refractivity contribution in [1.82, 2.24) is 0 Å². The first-order valence-electron chi connectivity index (χ1n) is 4.81. The van der Waals surface area contributed by atoms with Crippen molar-refractivity contribution in [2.24, 2.45) is 5.73 Å². The minimum Gasteiger partial charge on any atom is -0.461 e. The summed E-state index contributed by atoms with van der Waals surface area (Å²) in [5.74, 6) is -0.344. The number of carbonyl (C=O) groups is 1. The van der Waals surface area contributed by atoms with E-state index in [0.29, 0.717) is 0 Å². The first kappa shape index (κ1) is 11.7. The summed E-state index contributed by atoms with van der Waals surface area (Å²) < 4.78 is 4.97. The molecule has 0 fully saturated rings.